The highest BCUT2D eigenvalue weighted by Gasteiger charge is 2.18. The number of phenolic OH excluding ortho intramolecular Hbond substituents is 1. The predicted octanol–water partition coefficient (Wildman–Crippen LogP) is 1.72. The minimum absolute atomic E-state index is 0.151. The van der Waals surface area contributed by atoms with Crippen molar-refractivity contribution in [2.75, 3.05) is 0 Å². The molecule has 6 nitrogen and oxygen atoms in total. The second-order valence-corrected chi connectivity index (χ2v) is 3.31. The molecule has 0 saturated heterocycles. The van der Waals surface area contributed by atoms with Gasteiger partial charge >= 0.3 is 11.3 Å². The molecule has 0 atom stereocenters. The van der Waals surface area contributed by atoms with E-state index in [1.807, 2.05) is 0 Å². The Kier molecular flexibility index (Phi) is 2.12. The van der Waals surface area contributed by atoms with Crippen molar-refractivity contribution in [3.8, 4) is 5.75 Å². The summed E-state index contributed by atoms with van der Waals surface area (Å²) < 4.78 is 4.76. The summed E-state index contributed by atoms with van der Waals surface area (Å²) in [5.41, 5.74) is -0.783. The number of benzene rings is 1. The van der Waals surface area contributed by atoms with Crippen LogP contribution < -0.4 is 5.63 Å². The van der Waals surface area contributed by atoms with Gasteiger partial charge < -0.3 is 9.52 Å². The van der Waals surface area contributed by atoms with E-state index in [2.05, 4.69) is 0 Å². The van der Waals surface area contributed by atoms with Gasteiger partial charge in [0.1, 0.15) is 5.75 Å². The van der Waals surface area contributed by atoms with Crippen LogP contribution in [0.3, 0.4) is 0 Å². The van der Waals surface area contributed by atoms with E-state index in [1.54, 1.807) is 6.92 Å². The molecule has 1 N–H and O–H groups in total. The fraction of sp³-hybridized carbons (Fsp3) is 0.100. The third-order valence-electron chi connectivity index (χ3n) is 2.24. The Balaban J connectivity index is 3.04. The van der Waals surface area contributed by atoms with Crippen molar-refractivity contribution in [3.05, 3.63) is 44.3 Å². The normalized spacial score (nSPS) is 10.6. The summed E-state index contributed by atoms with van der Waals surface area (Å²) in [4.78, 5) is 21.2. The Bertz CT molecular complexity index is 643. The van der Waals surface area contributed by atoms with E-state index >= 15 is 0 Å². The quantitative estimate of drug-likeness (QED) is 0.449. The zero-order valence-corrected chi connectivity index (χ0v) is 8.26. The van der Waals surface area contributed by atoms with Crippen LogP contribution >= 0.6 is 0 Å². The van der Waals surface area contributed by atoms with Crippen LogP contribution in [0, 0.1) is 17.0 Å². The van der Waals surface area contributed by atoms with Gasteiger partial charge in [-0.25, -0.2) is 4.79 Å². The molecule has 1 heterocycles. The number of hydrogen-bond donors (Lipinski definition) is 1. The molecule has 0 fully saturated rings. The Morgan fingerprint density at radius 2 is 2.12 bits per heavy atom. The van der Waals surface area contributed by atoms with E-state index in [0.29, 0.717) is 5.56 Å². The highest BCUT2D eigenvalue weighted by atomic mass is 16.6. The average molecular weight is 221 g/mol. The van der Waals surface area contributed by atoms with Crippen LogP contribution in [-0.4, -0.2) is 10.0 Å². The van der Waals surface area contributed by atoms with E-state index < -0.39 is 10.5 Å². The molecule has 1 aromatic heterocycles. The fourth-order valence-corrected chi connectivity index (χ4v) is 1.57. The molecule has 0 radical (unpaired) electrons. The molecule has 0 unspecified atom stereocenters. The van der Waals surface area contributed by atoms with Crippen LogP contribution in [-0.2, 0) is 0 Å². The molecule has 2 aromatic rings. The summed E-state index contributed by atoms with van der Waals surface area (Å²) in [5, 5.41) is 20.5. The van der Waals surface area contributed by atoms with Crippen molar-refractivity contribution in [2.24, 2.45) is 0 Å². The number of hydrogen-bond acceptors (Lipinski definition) is 5. The van der Waals surface area contributed by atoms with Gasteiger partial charge in [0, 0.05) is 12.1 Å². The number of nitro benzene ring substituents is 1. The second-order valence-electron chi connectivity index (χ2n) is 3.31. The molecular formula is C10H7NO5. The smallest absolute Gasteiger partial charge is 0.336 e. The van der Waals surface area contributed by atoms with Crippen molar-refractivity contribution in [2.45, 2.75) is 6.92 Å². The van der Waals surface area contributed by atoms with Gasteiger partial charge in [0.15, 0.2) is 0 Å². The average Bonchev–Trinajstić information content (AvgIpc) is 2.15. The number of fused-ring (bicyclic) bond motifs is 1. The first-order valence-corrected chi connectivity index (χ1v) is 4.41. The van der Waals surface area contributed by atoms with Crippen LogP contribution in [0.4, 0.5) is 5.69 Å². The Labute approximate surface area is 88.9 Å². The van der Waals surface area contributed by atoms with Crippen molar-refractivity contribution in [3.63, 3.8) is 0 Å². The molecule has 6 heteroatoms. The van der Waals surface area contributed by atoms with Gasteiger partial charge in [-0.2, -0.15) is 0 Å². The zero-order chi connectivity index (χ0) is 11.9. The molecule has 0 bridgehead atoms. The van der Waals surface area contributed by atoms with Gasteiger partial charge in [-0.3, -0.25) is 10.1 Å². The van der Waals surface area contributed by atoms with E-state index in [0.717, 1.165) is 6.07 Å². The SMILES string of the molecule is Cc1cc(=O)oc2c([N+](=O)[O-])ccc(O)c12. The van der Waals surface area contributed by atoms with Crippen molar-refractivity contribution in [1.29, 1.82) is 0 Å². The molecule has 0 aliphatic rings. The number of nitro groups is 1. The molecule has 16 heavy (non-hydrogen) atoms. The maximum atomic E-state index is 11.1. The van der Waals surface area contributed by atoms with E-state index in [9.17, 15) is 20.0 Å². The molecule has 82 valence electrons. The third-order valence-corrected chi connectivity index (χ3v) is 2.24. The number of aromatic hydroxyl groups is 1. The molecule has 1 aromatic carbocycles. The summed E-state index contributed by atoms with van der Waals surface area (Å²) in [7, 11) is 0. The molecule has 0 aliphatic heterocycles. The van der Waals surface area contributed by atoms with Crippen LogP contribution in [0.25, 0.3) is 11.0 Å². The lowest BCUT2D eigenvalue weighted by molar-refractivity contribution is -0.383. The van der Waals surface area contributed by atoms with Gasteiger partial charge in [-0.15, -0.1) is 0 Å². The maximum absolute atomic E-state index is 11.1. The molecule has 2 rings (SSSR count). The minimum Gasteiger partial charge on any atom is -0.507 e. The van der Waals surface area contributed by atoms with Crippen LogP contribution in [0.15, 0.2) is 27.4 Å². The van der Waals surface area contributed by atoms with Crippen LogP contribution in [0.2, 0.25) is 0 Å². The highest BCUT2D eigenvalue weighted by molar-refractivity contribution is 5.92. The second kappa shape index (κ2) is 3.34. The van der Waals surface area contributed by atoms with E-state index in [4.69, 9.17) is 4.42 Å². The number of aryl methyl sites for hydroxylation is 1. The third kappa shape index (κ3) is 1.40. The topological polar surface area (TPSA) is 93.6 Å². The van der Waals surface area contributed by atoms with Crippen molar-refractivity contribution >= 4 is 16.7 Å². The Morgan fingerprint density at radius 1 is 1.44 bits per heavy atom. The van der Waals surface area contributed by atoms with Gasteiger partial charge in [0.05, 0.1) is 10.3 Å². The standard InChI is InChI=1S/C10H7NO5/c1-5-4-8(13)16-10-6(11(14)15)2-3-7(12)9(5)10/h2-4,12H,1H3. The van der Waals surface area contributed by atoms with Gasteiger partial charge in [-0.1, -0.05) is 0 Å². The van der Waals surface area contributed by atoms with Crippen LogP contribution in [0.5, 0.6) is 5.75 Å². The highest BCUT2D eigenvalue weighted by Crippen LogP contribution is 2.33. The molecule has 0 saturated carbocycles. The van der Waals surface area contributed by atoms with Gasteiger partial charge in [0.25, 0.3) is 0 Å². The zero-order valence-electron chi connectivity index (χ0n) is 8.26. The summed E-state index contributed by atoms with van der Waals surface area (Å²) in [5.74, 6) is -0.151. The number of nitrogens with zero attached hydrogens (tertiary/aromatic N) is 1. The van der Waals surface area contributed by atoms with Gasteiger partial charge in [0.2, 0.25) is 5.58 Å². The fourth-order valence-electron chi connectivity index (χ4n) is 1.57. The number of non-ortho nitro benzene ring substituents is 1. The number of rotatable bonds is 1. The van der Waals surface area contributed by atoms with Crippen molar-refractivity contribution in [1.82, 2.24) is 0 Å². The first-order valence-electron chi connectivity index (χ1n) is 4.41. The molecule has 0 aliphatic carbocycles. The van der Waals surface area contributed by atoms with E-state index in [-0.39, 0.29) is 22.4 Å². The maximum Gasteiger partial charge on any atom is 0.336 e. The summed E-state index contributed by atoms with van der Waals surface area (Å²) in [6.07, 6.45) is 0. The van der Waals surface area contributed by atoms with Crippen molar-refractivity contribution < 1.29 is 14.4 Å². The lowest BCUT2D eigenvalue weighted by atomic mass is 10.1. The predicted molar refractivity (Wildman–Crippen MR) is 55.5 cm³/mol. The molecule has 0 amide bonds. The summed E-state index contributed by atoms with van der Waals surface area (Å²) >= 11 is 0. The summed E-state index contributed by atoms with van der Waals surface area (Å²) in [6, 6.07) is 3.47. The molecular weight excluding hydrogens is 214 g/mol. The largest absolute Gasteiger partial charge is 0.507 e. The summed E-state index contributed by atoms with van der Waals surface area (Å²) in [6.45, 7) is 1.57. The lowest BCUT2D eigenvalue weighted by Crippen LogP contribution is -2.00. The monoisotopic (exact) mass is 221 g/mol. The number of phenols is 1. The first kappa shape index (κ1) is 10.2. The van der Waals surface area contributed by atoms with E-state index in [1.165, 1.54) is 12.1 Å². The Morgan fingerprint density at radius 3 is 2.75 bits per heavy atom. The minimum atomic E-state index is -0.682. The van der Waals surface area contributed by atoms with Gasteiger partial charge in [-0.05, 0) is 18.6 Å². The Hall–Kier alpha value is -2.37. The first-order chi connectivity index (χ1) is 7.50. The lowest BCUT2D eigenvalue weighted by Gasteiger charge is -2.02. The van der Waals surface area contributed by atoms with Crippen LogP contribution in [0.1, 0.15) is 5.56 Å². The molecule has 0 spiro atoms.